The predicted octanol–water partition coefficient (Wildman–Crippen LogP) is 3.42. The molecular formula is C28H30F3N9O2. The van der Waals surface area contributed by atoms with Gasteiger partial charge >= 0.3 is 6.18 Å². The maximum absolute atomic E-state index is 13.2. The van der Waals surface area contributed by atoms with Gasteiger partial charge in [-0.05, 0) is 31.3 Å². The Kier molecular flexibility index (Phi) is 7.01. The largest absolute Gasteiger partial charge is 0.468 e. The van der Waals surface area contributed by atoms with Crippen molar-refractivity contribution in [2.45, 2.75) is 18.8 Å². The zero-order chi connectivity index (χ0) is 29.6. The van der Waals surface area contributed by atoms with E-state index in [1.807, 2.05) is 6.07 Å². The molecule has 0 radical (unpaired) electrons. The van der Waals surface area contributed by atoms with Crippen LogP contribution in [0.1, 0.15) is 0 Å². The van der Waals surface area contributed by atoms with Gasteiger partial charge in [0.25, 0.3) is 5.56 Å². The minimum atomic E-state index is -4.52. The molecule has 0 saturated carbocycles. The molecule has 1 fully saturated rings. The number of nitrogens with zero attached hydrogens (tertiary/aromatic N) is 8. The molecule has 2 aliphatic rings. The Morgan fingerprint density at radius 2 is 1.95 bits per heavy atom. The highest BCUT2D eigenvalue weighted by Crippen LogP contribution is 2.38. The van der Waals surface area contributed by atoms with Gasteiger partial charge in [0.05, 0.1) is 24.0 Å². The van der Waals surface area contributed by atoms with Crippen molar-refractivity contribution in [3.8, 4) is 11.7 Å². The average molecular weight is 582 g/mol. The van der Waals surface area contributed by atoms with Gasteiger partial charge in [-0.2, -0.15) is 23.1 Å². The van der Waals surface area contributed by atoms with Crippen LogP contribution in [0.5, 0.6) is 5.88 Å². The average Bonchev–Trinajstić information content (AvgIpc) is 3.22. The van der Waals surface area contributed by atoms with Gasteiger partial charge in [0.1, 0.15) is 5.39 Å². The number of rotatable bonds is 7. The number of hydrogen-bond donors (Lipinski definition) is 1. The van der Waals surface area contributed by atoms with E-state index in [9.17, 15) is 18.0 Å². The maximum atomic E-state index is 13.2. The molecule has 1 atom stereocenters. The number of halogens is 3. The van der Waals surface area contributed by atoms with Crippen molar-refractivity contribution in [2.24, 2.45) is 0 Å². The summed E-state index contributed by atoms with van der Waals surface area (Å²) in [6.07, 6.45) is -1.56. The molecule has 0 spiro atoms. The molecule has 0 aliphatic carbocycles. The number of allylic oxidation sites excluding steroid dienone is 1. The number of alkyl halides is 3. The first-order valence-corrected chi connectivity index (χ1v) is 13.4. The lowest BCUT2D eigenvalue weighted by atomic mass is 10.0. The molecule has 6 rings (SSSR count). The maximum Gasteiger partial charge on any atom is 0.422 e. The highest BCUT2D eigenvalue weighted by Gasteiger charge is 2.33. The number of pyridine rings is 1. The van der Waals surface area contributed by atoms with E-state index in [4.69, 9.17) is 4.74 Å². The molecule has 0 bridgehead atoms. The van der Waals surface area contributed by atoms with E-state index in [1.54, 1.807) is 6.07 Å². The third-order valence-electron chi connectivity index (χ3n) is 7.41. The lowest BCUT2D eigenvalue weighted by Gasteiger charge is -2.48. The van der Waals surface area contributed by atoms with Crippen LogP contribution in [0.3, 0.4) is 0 Å². The van der Waals surface area contributed by atoms with Crippen molar-refractivity contribution in [1.29, 1.82) is 0 Å². The standard InChI is InChI=1S/C28H30F3N9O2/c1-4-10-39-26(41)20-14-32-27(35-25(20)40(39)23-6-5-7-24(34-23)42-17-28(29,30)31)33-18-8-9-21-22(13-18)38-12-11-36(2)15-19(38)16-37(21)3/h4-9,13-14,19H,1,10-12,15-17H2,2-3H3,(H,32,33,35)/t19-/m0/s1. The van der Waals surface area contributed by atoms with Crippen LogP contribution in [-0.4, -0.2) is 88.3 Å². The number of nitrogens with one attached hydrogen (secondary N) is 1. The molecule has 4 aromatic rings. The van der Waals surface area contributed by atoms with Crippen LogP contribution in [-0.2, 0) is 6.54 Å². The van der Waals surface area contributed by atoms with Gasteiger partial charge in [-0.3, -0.25) is 4.79 Å². The van der Waals surface area contributed by atoms with Crippen molar-refractivity contribution >= 4 is 34.0 Å². The molecule has 1 aromatic carbocycles. The first-order chi connectivity index (χ1) is 20.1. The Bertz CT molecular complexity index is 1700. The van der Waals surface area contributed by atoms with Crippen molar-refractivity contribution in [3.05, 3.63) is 65.6 Å². The number of aromatic nitrogens is 5. The van der Waals surface area contributed by atoms with Crippen LogP contribution in [0.15, 0.2) is 60.0 Å². The van der Waals surface area contributed by atoms with E-state index < -0.39 is 18.3 Å². The summed E-state index contributed by atoms with van der Waals surface area (Å²) in [5, 5.41) is 3.48. The van der Waals surface area contributed by atoms with Gasteiger partial charge in [0.2, 0.25) is 11.8 Å². The minimum Gasteiger partial charge on any atom is -0.468 e. The fraction of sp³-hybridized carbons (Fsp3) is 0.357. The predicted molar refractivity (Wildman–Crippen MR) is 154 cm³/mol. The molecule has 42 heavy (non-hydrogen) atoms. The highest BCUT2D eigenvalue weighted by molar-refractivity contribution is 5.80. The van der Waals surface area contributed by atoms with Crippen LogP contribution in [0.25, 0.3) is 16.9 Å². The number of benzene rings is 1. The Balaban J connectivity index is 1.37. The summed E-state index contributed by atoms with van der Waals surface area (Å²) in [6.45, 7) is 6.17. The molecule has 220 valence electrons. The van der Waals surface area contributed by atoms with E-state index in [0.29, 0.717) is 6.04 Å². The topological polar surface area (TPSA) is 96.6 Å². The van der Waals surface area contributed by atoms with Crippen molar-refractivity contribution in [3.63, 3.8) is 0 Å². The first-order valence-electron chi connectivity index (χ1n) is 13.4. The van der Waals surface area contributed by atoms with Gasteiger partial charge in [-0.15, -0.1) is 6.58 Å². The number of likely N-dealkylation sites (N-methyl/N-ethyl adjacent to an activating group) is 2. The zero-order valence-electron chi connectivity index (χ0n) is 23.2. The minimum absolute atomic E-state index is 0.109. The second kappa shape index (κ2) is 10.7. The van der Waals surface area contributed by atoms with E-state index in [2.05, 4.69) is 67.8 Å². The Hall–Kier alpha value is -4.59. The Morgan fingerprint density at radius 3 is 2.74 bits per heavy atom. The van der Waals surface area contributed by atoms with Crippen LogP contribution >= 0.6 is 0 Å². The molecule has 2 aliphatic heterocycles. The number of hydrogen-bond acceptors (Lipinski definition) is 9. The Labute approximate surface area is 239 Å². The molecule has 0 unspecified atom stereocenters. The monoisotopic (exact) mass is 581 g/mol. The van der Waals surface area contributed by atoms with Gasteiger partial charge < -0.3 is 24.8 Å². The second-order valence-electron chi connectivity index (χ2n) is 10.5. The summed E-state index contributed by atoms with van der Waals surface area (Å²) in [4.78, 5) is 33.5. The van der Waals surface area contributed by atoms with Crippen molar-refractivity contribution in [2.75, 3.05) is 62.0 Å². The molecule has 1 N–H and O–H groups in total. The van der Waals surface area contributed by atoms with E-state index in [1.165, 1.54) is 33.8 Å². The van der Waals surface area contributed by atoms with Gasteiger partial charge in [0, 0.05) is 51.2 Å². The Morgan fingerprint density at radius 1 is 1.12 bits per heavy atom. The summed E-state index contributed by atoms with van der Waals surface area (Å²) >= 11 is 0. The van der Waals surface area contributed by atoms with Crippen molar-refractivity contribution < 1.29 is 17.9 Å². The number of anilines is 4. The van der Waals surface area contributed by atoms with Crippen LogP contribution in [0.4, 0.5) is 36.2 Å². The summed E-state index contributed by atoms with van der Waals surface area (Å²) in [6, 6.07) is 10.9. The van der Waals surface area contributed by atoms with Crippen LogP contribution in [0.2, 0.25) is 0 Å². The van der Waals surface area contributed by atoms with Crippen molar-refractivity contribution in [1.82, 2.24) is 29.2 Å². The highest BCUT2D eigenvalue weighted by atomic mass is 19.4. The smallest absolute Gasteiger partial charge is 0.422 e. The third kappa shape index (κ3) is 5.24. The second-order valence-corrected chi connectivity index (χ2v) is 10.5. The van der Waals surface area contributed by atoms with Crippen LogP contribution < -0.4 is 25.4 Å². The molecular weight excluding hydrogens is 551 g/mol. The van der Waals surface area contributed by atoms with Gasteiger partial charge in [-0.25, -0.2) is 14.3 Å². The van der Waals surface area contributed by atoms with Gasteiger partial charge in [0.15, 0.2) is 18.1 Å². The summed E-state index contributed by atoms with van der Waals surface area (Å²) in [5.74, 6) is 0.166. The first kappa shape index (κ1) is 27.6. The zero-order valence-corrected chi connectivity index (χ0v) is 23.2. The summed E-state index contributed by atoms with van der Waals surface area (Å²) in [5.41, 5.74) is 2.89. The fourth-order valence-electron chi connectivity index (χ4n) is 5.55. The normalized spacial score (nSPS) is 17.2. The number of piperazine rings is 1. The van der Waals surface area contributed by atoms with E-state index in [0.717, 1.165) is 43.2 Å². The molecule has 11 nitrogen and oxygen atoms in total. The fourth-order valence-corrected chi connectivity index (χ4v) is 5.55. The summed E-state index contributed by atoms with van der Waals surface area (Å²) in [7, 11) is 4.24. The van der Waals surface area contributed by atoms with Crippen LogP contribution in [0, 0.1) is 0 Å². The number of fused-ring (bicyclic) bond motifs is 4. The van der Waals surface area contributed by atoms with Gasteiger partial charge in [-0.1, -0.05) is 12.1 Å². The third-order valence-corrected chi connectivity index (χ3v) is 7.41. The van der Waals surface area contributed by atoms with E-state index in [-0.39, 0.29) is 35.2 Å². The molecule has 1 saturated heterocycles. The molecule has 14 heteroatoms. The molecule has 5 heterocycles. The summed E-state index contributed by atoms with van der Waals surface area (Å²) < 4.78 is 45.8. The molecule has 0 amide bonds. The SMILES string of the molecule is C=CCn1c(=O)c2cnc(Nc3ccc4c(c3)N3CCN(C)C[C@H]3CN4C)nc2n1-c1cccc(OCC(F)(F)F)n1. The molecule has 3 aromatic heterocycles. The lowest BCUT2D eigenvalue weighted by Crippen LogP contribution is -2.58. The number of ether oxygens (including phenoxy) is 1. The van der Waals surface area contributed by atoms with E-state index >= 15 is 0 Å². The quantitative estimate of drug-likeness (QED) is 0.330. The lowest BCUT2D eigenvalue weighted by molar-refractivity contribution is -0.154.